The Hall–Kier alpha value is -0.970. The first-order chi connectivity index (χ1) is 15.5. The summed E-state index contributed by atoms with van der Waals surface area (Å²) in [5.74, 6) is 1.72. The van der Waals surface area contributed by atoms with E-state index in [9.17, 15) is 0 Å². The van der Waals surface area contributed by atoms with E-state index in [1.54, 1.807) is 5.56 Å². The van der Waals surface area contributed by atoms with Gasteiger partial charge in [0, 0.05) is 64.3 Å². The second-order valence-electron chi connectivity index (χ2n) is 11.9. The summed E-state index contributed by atoms with van der Waals surface area (Å²) >= 11 is 0. The van der Waals surface area contributed by atoms with Gasteiger partial charge in [0.15, 0.2) is 0 Å². The van der Waals surface area contributed by atoms with Crippen molar-refractivity contribution in [1.29, 1.82) is 0 Å². The summed E-state index contributed by atoms with van der Waals surface area (Å²) in [5.41, 5.74) is 5.10. The zero-order chi connectivity index (χ0) is 22.1. The van der Waals surface area contributed by atoms with Gasteiger partial charge in [-0.15, -0.1) is 12.4 Å². The Kier molecular flexibility index (Phi) is 8.18. The zero-order valence-electron chi connectivity index (χ0n) is 21.2. The van der Waals surface area contributed by atoms with Gasteiger partial charge in [-0.3, -0.25) is 4.90 Å². The Labute approximate surface area is 208 Å². The lowest BCUT2D eigenvalue weighted by atomic mass is 9.71. The Morgan fingerprint density at radius 3 is 2.30 bits per heavy atom. The van der Waals surface area contributed by atoms with Crippen LogP contribution in [0.15, 0.2) is 18.2 Å². The van der Waals surface area contributed by atoms with E-state index >= 15 is 0 Å². The first-order valence-corrected chi connectivity index (χ1v) is 13.4. The van der Waals surface area contributed by atoms with Gasteiger partial charge in [-0.1, -0.05) is 13.8 Å². The summed E-state index contributed by atoms with van der Waals surface area (Å²) in [6, 6.07) is 7.45. The topological polar surface area (TPSA) is 19.0 Å². The van der Waals surface area contributed by atoms with E-state index in [0.717, 1.165) is 19.0 Å². The molecule has 0 N–H and O–H groups in total. The monoisotopic (exact) mass is 475 g/mol. The zero-order valence-corrected chi connectivity index (χ0v) is 22.0. The highest BCUT2D eigenvalue weighted by Gasteiger charge is 2.32. The molecule has 33 heavy (non-hydrogen) atoms. The van der Waals surface area contributed by atoms with Crippen LogP contribution in [-0.4, -0.2) is 63.9 Å². The molecule has 1 unspecified atom stereocenters. The SMILES string of the molecule is COC1CCCN(c2ccc(N3CCN(CC4CC4)CC3)c(C3CCC(C)(C)CC3)c2)C1.Cl. The van der Waals surface area contributed by atoms with Gasteiger partial charge in [-0.25, -0.2) is 0 Å². The molecular weight excluding hydrogens is 430 g/mol. The third-order valence-corrected chi connectivity index (χ3v) is 8.79. The van der Waals surface area contributed by atoms with Crippen LogP contribution in [0, 0.1) is 11.3 Å². The van der Waals surface area contributed by atoms with E-state index in [2.05, 4.69) is 46.7 Å². The van der Waals surface area contributed by atoms with Crippen LogP contribution in [0.25, 0.3) is 0 Å². The Morgan fingerprint density at radius 1 is 0.909 bits per heavy atom. The van der Waals surface area contributed by atoms with Gasteiger partial charge in [0.2, 0.25) is 0 Å². The molecule has 0 bridgehead atoms. The highest BCUT2D eigenvalue weighted by molar-refractivity contribution is 5.85. The lowest BCUT2D eigenvalue weighted by Gasteiger charge is -2.41. The molecule has 5 heteroatoms. The van der Waals surface area contributed by atoms with Crippen LogP contribution in [0.2, 0.25) is 0 Å². The average Bonchev–Trinajstić information content (AvgIpc) is 3.63. The average molecular weight is 476 g/mol. The van der Waals surface area contributed by atoms with E-state index in [4.69, 9.17) is 4.74 Å². The van der Waals surface area contributed by atoms with Crippen LogP contribution in [0.1, 0.15) is 76.7 Å². The van der Waals surface area contributed by atoms with Gasteiger partial charge >= 0.3 is 0 Å². The van der Waals surface area contributed by atoms with Crippen LogP contribution in [0.5, 0.6) is 0 Å². The Morgan fingerprint density at radius 2 is 1.64 bits per heavy atom. The van der Waals surface area contributed by atoms with Crippen molar-refractivity contribution < 1.29 is 4.74 Å². The van der Waals surface area contributed by atoms with Gasteiger partial charge in [0.1, 0.15) is 0 Å². The number of ether oxygens (including phenoxy) is 1. The Bertz CT molecular complexity index is 762. The van der Waals surface area contributed by atoms with Crippen LogP contribution >= 0.6 is 12.4 Å². The molecule has 1 aromatic rings. The molecule has 0 spiro atoms. The van der Waals surface area contributed by atoms with Crippen molar-refractivity contribution in [2.45, 2.75) is 77.2 Å². The summed E-state index contributed by atoms with van der Waals surface area (Å²) in [6.45, 7) is 13.3. The number of benzene rings is 1. The van der Waals surface area contributed by atoms with E-state index in [0.29, 0.717) is 17.4 Å². The molecule has 1 aromatic carbocycles. The van der Waals surface area contributed by atoms with E-state index < -0.39 is 0 Å². The molecule has 4 nitrogen and oxygen atoms in total. The molecule has 0 radical (unpaired) electrons. The number of methoxy groups -OCH3 is 1. The minimum Gasteiger partial charge on any atom is -0.380 e. The molecular formula is C28H46ClN3O. The fraction of sp³-hybridized carbons (Fsp3) is 0.786. The number of piperidine rings is 1. The minimum atomic E-state index is 0. The standard InChI is InChI=1S/C28H45N3O.ClH/c1-28(2)12-10-23(11-13-28)26-19-24(31-14-4-5-25(21-31)32-3)8-9-27(26)30-17-15-29(16-18-30)20-22-6-7-22;/h8-9,19,22-23,25H,4-7,10-18,20-21H2,1-3H3;1H. The first kappa shape index (κ1) is 25.1. The van der Waals surface area contributed by atoms with Gasteiger partial charge in [-0.2, -0.15) is 0 Å². The van der Waals surface area contributed by atoms with Crippen LogP contribution in [0.3, 0.4) is 0 Å². The molecule has 2 aliphatic heterocycles. The van der Waals surface area contributed by atoms with Gasteiger partial charge in [-0.05, 0) is 92.4 Å². The summed E-state index contributed by atoms with van der Waals surface area (Å²) in [5, 5.41) is 0. The maximum absolute atomic E-state index is 5.72. The second kappa shape index (κ2) is 10.7. The molecule has 0 amide bonds. The molecule has 5 rings (SSSR count). The summed E-state index contributed by atoms with van der Waals surface area (Å²) in [6.07, 6.45) is 11.1. The smallest absolute Gasteiger partial charge is 0.0746 e. The van der Waals surface area contributed by atoms with Gasteiger partial charge in [0.05, 0.1) is 6.10 Å². The summed E-state index contributed by atoms with van der Waals surface area (Å²) in [7, 11) is 1.87. The first-order valence-electron chi connectivity index (χ1n) is 13.4. The number of anilines is 2. The fourth-order valence-electron chi connectivity index (χ4n) is 6.27. The predicted octanol–water partition coefficient (Wildman–Crippen LogP) is 5.94. The number of hydrogen-bond acceptors (Lipinski definition) is 4. The molecule has 1 atom stereocenters. The van der Waals surface area contributed by atoms with Crippen molar-refractivity contribution in [2.75, 3.05) is 62.7 Å². The predicted molar refractivity (Wildman–Crippen MR) is 142 cm³/mol. The Balaban J connectivity index is 0.00000259. The highest BCUT2D eigenvalue weighted by Crippen LogP contribution is 2.46. The maximum atomic E-state index is 5.72. The van der Waals surface area contributed by atoms with Crippen LogP contribution < -0.4 is 9.80 Å². The maximum Gasteiger partial charge on any atom is 0.0746 e. The van der Waals surface area contributed by atoms with Gasteiger partial charge < -0.3 is 14.5 Å². The van der Waals surface area contributed by atoms with E-state index in [1.165, 1.54) is 95.5 Å². The molecule has 0 aromatic heterocycles. The molecule has 4 aliphatic rings. The molecule has 2 heterocycles. The van der Waals surface area contributed by atoms with Crippen molar-refractivity contribution in [3.63, 3.8) is 0 Å². The molecule has 2 aliphatic carbocycles. The summed E-state index contributed by atoms with van der Waals surface area (Å²) < 4.78 is 5.72. The number of hydrogen-bond donors (Lipinski definition) is 0. The molecule has 186 valence electrons. The van der Waals surface area contributed by atoms with Crippen molar-refractivity contribution in [1.82, 2.24) is 4.90 Å². The van der Waals surface area contributed by atoms with Crippen molar-refractivity contribution >= 4 is 23.8 Å². The molecule has 2 saturated carbocycles. The molecule has 4 fully saturated rings. The lowest BCUT2D eigenvalue weighted by Crippen LogP contribution is -2.47. The van der Waals surface area contributed by atoms with Crippen molar-refractivity contribution in [3.8, 4) is 0 Å². The highest BCUT2D eigenvalue weighted by atomic mass is 35.5. The second-order valence-corrected chi connectivity index (χ2v) is 11.9. The number of halogens is 1. The summed E-state index contributed by atoms with van der Waals surface area (Å²) in [4.78, 5) is 7.99. The quantitative estimate of drug-likeness (QED) is 0.506. The fourth-order valence-corrected chi connectivity index (χ4v) is 6.27. The lowest BCUT2D eigenvalue weighted by molar-refractivity contribution is 0.0893. The van der Waals surface area contributed by atoms with E-state index in [1.807, 2.05) is 7.11 Å². The third kappa shape index (κ3) is 6.18. The number of rotatable bonds is 6. The third-order valence-electron chi connectivity index (χ3n) is 8.79. The van der Waals surface area contributed by atoms with Gasteiger partial charge in [0.25, 0.3) is 0 Å². The largest absolute Gasteiger partial charge is 0.380 e. The minimum absolute atomic E-state index is 0. The number of nitrogens with zero attached hydrogens (tertiary/aromatic N) is 3. The van der Waals surface area contributed by atoms with Crippen LogP contribution in [0.4, 0.5) is 11.4 Å². The van der Waals surface area contributed by atoms with Crippen molar-refractivity contribution in [3.05, 3.63) is 23.8 Å². The van der Waals surface area contributed by atoms with E-state index in [-0.39, 0.29) is 12.4 Å². The number of piperazine rings is 1. The van der Waals surface area contributed by atoms with Crippen LogP contribution in [-0.2, 0) is 4.74 Å². The normalized spacial score (nSPS) is 26.8. The molecule has 2 saturated heterocycles. The van der Waals surface area contributed by atoms with Crippen molar-refractivity contribution in [2.24, 2.45) is 11.3 Å².